The van der Waals surface area contributed by atoms with Crippen LogP contribution < -0.4 is 5.32 Å². The average Bonchev–Trinajstić information content (AvgIpc) is 2.75. The molecule has 1 saturated carbocycles. The van der Waals surface area contributed by atoms with Crippen molar-refractivity contribution < 1.29 is 5.11 Å². The topological polar surface area (TPSA) is 35.5 Å². The van der Waals surface area contributed by atoms with Crippen LogP contribution in [0.15, 0.2) is 0 Å². The highest BCUT2D eigenvalue weighted by atomic mass is 16.3. The molecule has 18 heavy (non-hydrogen) atoms. The van der Waals surface area contributed by atoms with E-state index in [0.717, 1.165) is 25.9 Å². The van der Waals surface area contributed by atoms with E-state index in [1.165, 1.54) is 51.6 Å². The Hall–Kier alpha value is -0.120. The first-order valence-electron chi connectivity index (χ1n) is 7.86. The molecule has 2 fully saturated rings. The van der Waals surface area contributed by atoms with Crippen molar-refractivity contribution in [2.45, 2.75) is 69.9 Å². The Morgan fingerprint density at radius 2 is 1.67 bits per heavy atom. The summed E-state index contributed by atoms with van der Waals surface area (Å²) in [5.41, 5.74) is -0.435. The average molecular weight is 254 g/mol. The molecule has 0 aromatic rings. The van der Waals surface area contributed by atoms with Gasteiger partial charge in [-0.1, -0.05) is 25.7 Å². The van der Waals surface area contributed by atoms with Crippen molar-refractivity contribution in [3.05, 3.63) is 0 Å². The SMILES string of the molecule is CC(CN1CCCC1)NCC1(O)CCCCCC1. The molecule has 3 heteroatoms. The van der Waals surface area contributed by atoms with Gasteiger partial charge in [-0.2, -0.15) is 0 Å². The molecule has 2 rings (SSSR count). The normalized spacial score (nSPS) is 27.0. The van der Waals surface area contributed by atoms with E-state index < -0.39 is 5.60 Å². The molecule has 1 unspecified atom stereocenters. The number of rotatable bonds is 5. The maximum Gasteiger partial charge on any atom is 0.0771 e. The standard InChI is InChI=1S/C15H30N2O/c1-14(12-17-10-6-7-11-17)16-13-15(18)8-4-2-3-5-9-15/h14,16,18H,2-13H2,1H3. The molecular weight excluding hydrogens is 224 g/mol. The molecule has 0 amide bonds. The molecule has 0 aromatic heterocycles. The van der Waals surface area contributed by atoms with Gasteiger partial charge in [-0.15, -0.1) is 0 Å². The molecule has 1 atom stereocenters. The van der Waals surface area contributed by atoms with Crippen LogP contribution in [0.2, 0.25) is 0 Å². The lowest BCUT2D eigenvalue weighted by molar-refractivity contribution is 0.0223. The van der Waals surface area contributed by atoms with Crippen LogP contribution in [0.1, 0.15) is 58.3 Å². The van der Waals surface area contributed by atoms with E-state index >= 15 is 0 Å². The number of aliphatic hydroxyl groups is 1. The predicted octanol–water partition coefficient (Wildman–Crippen LogP) is 2.15. The van der Waals surface area contributed by atoms with Crippen molar-refractivity contribution in [3.63, 3.8) is 0 Å². The molecular formula is C15H30N2O. The van der Waals surface area contributed by atoms with Crippen molar-refractivity contribution in [1.82, 2.24) is 10.2 Å². The summed E-state index contributed by atoms with van der Waals surface area (Å²) in [5, 5.41) is 14.1. The van der Waals surface area contributed by atoms with Crippen LogP contribution in [-0.4, -0.2) is 47.8 Å². The summed E-state index contributed by atoms with van der Waals surface area (Å²) >= 11 is 0. The minimum Gasteiger partial charge on any atom is -0.389 e. The van der Waals surface area contributed by atoms with Crippen LogP contribution in [0, 0.1) is 0 Å². The van der Waals surface area contributed by atoms with Gasteiger partial charge in [0.15, 0.2) is 0 Å². The lowest BCUT2D eigenvalue weighted by atomic mass is 9.94. The fourth-order valence-corrected chi connectivity index (χ4v) is 3.34. The number of nitrogens with one attached hydrogen (secondary N) is 1. The van der Waals surface area contributed by atoms with Gasteiger partial charge < -0.3 is 15.3 Å². The lowest BCUT2D eigenvalue weighted by Crippen LogP contribution is -2.46. The maximum absolute atomic E-state index is 10.6. The second kappa shape index (κ2) is 6.88. The number of hydrogen-bond donors (Lipinski definition) is 2. The molecule has 0 aromatic carbocycles. The maximum atomic E-state index is 10.6. The predicted molar refractivity (Wildman–Crippen MR) is 75.8 cm³/mol. The largest absolute Gasteiger partial charge is 0.389 e. The first-order chi connectivity index (χ1) is 8.68. The van der Waals surface area contributed by atoms with E-state index in [1.54, 1.807) is 0 Å². The molecule has 0 bridgehead atoms. The molecule has 2 N–H and O–H groups in total. The zero-order valence-corrected chi connectivity index (χ0v) is 12.0. The van der Waals surface area contributed by atoms with Gasteiger partial charge in [0, 0.05) is 19.1 Å². The summed E-state index contributed by atoms with van der Waals surface area (Å²) < 4.78 is 0. The highest BCUT2D eigenvalue weighted by molar-refractivity contribution is 4.85. The molecule has 2 aliphatic rings. The fourth-order valence-electron chi connectivity index (χ4n) is 3.34. The van der Waals surface area contributed by atoms with Gasteiger partial charge in [0.2, 0.25) is 0 Å². The Labute approximate surface area is 112 Å². The third kappa shape index (κ3) is 4.52. The third-order valence-electron chi connectivity index (χ3n) is 4.54. The van der Waals surface area contributed by atoms with Crippen LogP contribution in [0.4, 0.5) is 0 Å². The van der Waals surface area contributed by atoms with Gasteiger partial charge in [-0.3, -0.25) is 0 Å². The van der Waals surface area contributed by atoms with Crippen LogP contribution in [0.3, 0.4) is 0 Å². The summed E-state index contributed by atoms with van der Waals surface area (Å²) in [6.07, 6.45) is 9.66. The van der Waals surface area contributed by atoms with Crippen LogP contribution in [-0.2, 0) is 0 Å². The van der Waals surface area contributed by atoms with Crippen LogP contribution in [0.25, 0.3) is 0 Å². The zero-order chi connectivity index (χ0) is 12.8. The molecule has 1 saturated heterocycles. The summed E-state index contributed by atoms with van der Waals surface area (Å²) in [4.78, 5) is 2.54. The molecule has 1 aliphatic carbocycles. The Morgan fingerprint density at radius 3 is 2.28 bits per heavy atom. The van der Waals surface area contributed by atoms with Crippen molar-refractivity contribution in [2.75, 3.05) is 26.2 Å². The van der Waals surface area contributed by atoms with Gasteiger partial charge in [-0.25, -0.2) is 0 Å². The second-order valence-electron chi connectivity index (χ2n) is 6.43. The first kappa shape index (κ1) is 14.3. The highest BCUT2D eigenvalue weighted by Gasteiger charge is 2.28. The molecule has 1 heterocycles. The number of hydrogen-bond acceptors (Lipinski definition) is 3. The Morgan fingerprint density at radius 1 is 1.06 bits per heavy atom. The van der Waals surface area contributed by atoms with Crippen molar-refractivity contribution in [3.8, 4) is 0 Å². The van der Waals surface area contributed by atoms with Gasteiger partial charge in [0.05, 0.1) is 5.60 Å². The van der Waals surface area contributed by atoms with E-state index in [0.29, 0.717) is 6.04 Å². The van der Waals surface area contributed by atoms with Gasteiger partial charge in [0.1, 0.15) is 0 Å². The van der Waals surface area contributed by atoms with E-state index in [2.05, 4.69) is 17.1 Å². The molecule has 0 spiro atoms. The van der Waals surface area contributed by atoms with E-state index in [-0.39, 0.29) is 0 Å². The monoisotopic (exact) mass is 254 g/mol. The van der Waals surface area contributed by atoms with Gasteiger partial charge in [-0.05, 0) is 45.7 Å². The summed E-state index contributed by atoms with van der Waals surface area (Å²) in [6.45, 7) is 6.68. The molecule has 1 aliphatic heterocycles. The molecule has 3 nitrogen and oxygen atoms in total. The van der Waals surface area contributed by atoms with Crippen molar-refractivity contribution >= 4 is 0 Å². The number of likely N-dealkylation sites (tertiary alicyclic amines) is 1. The van der Waals surface area contributed by atoms with E-state index in [9.17, 15) is 5.11 Å². The highest BCUT2D eigenvalue weighted by Crippen LogP contribution is 2.26. The fraction of sp³-hybridized carbons (Fsp3) is 1.00. The lowest BCUT2D eigenvalue weighted by Gasteiger charge is -2.30. The Bertz CT molecular complexity index is 231. The number of nitrogens with zero attached hydrogens (tertiary/aromatic N) is 1. The zero-order valence-electron chi connectivity index (χ0n) is 12.0. The summed E-state index contributed by atoms with van der Waals surface area (Å²) in [7, 11) is 0. The summed E-state index contributed by atoms with van der Waals surface area (Å²) in [5.74, 6) is 0. The minimum absolute atomic E-state index is 0.435. The third-order valence-corrected chi connectivity index (χ3v) is 4.54. The van der Waals surface area contributed by atoms with Gasteiger partial charge >= 0.3 is 0 Å². The molecule has 0 radical (unpaired) electrons. The quantitative estimate of drug-likeness (QED) is 0.738. The summed E-state index contributed by atoms with van der Waals surface area (Å²) in [6, 6.07) is 0.496. The van der Waals surface area contributed by atoms with Crippen molar-refractivity contribution in [1.29, 1.82) is 0 Å². The minimum atomic E-state index is -0.435. The Kier molecular flexibility index (Phi) is 5.46. The van der Waals surface area contributed by atoms with Crippen molar-refractivity contribution in [2.24, 2.45) is 0 Å². The Balaban J connectivity index is 1.68. The van der Waals surface area contributed by atoms with E-state index in [4.69, 9.17) is 0 Å². The first-order valence-corrected chi connectivity index (χ1v) is 7.86. The van der Waals surface area contributed by atoms with E-state index in [1.807, 2.05) is 0 Å². The van der Waals surface area contributed by atoms with Crippen LogP contribution >= 0.6 is 0 Å². The molecule has 106 valence electrons. The van der Waals surface area contributed by atoms with Crippen LogP contribution in [0.5, 0.6) is 0 Å². The van der Waals surface area contributed by atoms with Gasteiger partial charge in [0.25, 0.3) is 0 Å². The second-order valence-corrected chi connectivity index (χ2v) is 6.43. The smallest absolute Gasteiger partial charge is 0.0771 e.